The number of hydrogen-bond donors (Lipinski definition) is 1. The zero-order chi connectivity index (χ0) is 18.2. The fourth-order valence-electron chi connectivity index (χ4n) is 3.22. The Kier molecular flexibility index (Phi) is 6.77. The highest BCUT2D eigenvalue weighted by atomic mass is 19.1. The maximum atomic E-state index is 13.0. The van der Waals surface area contributed by atoms with Gasteiger partial charge in [-0.1, -0.05) is 24.4 Å². The summed E-state index contributed by atoms with van der Waals surface area (Å²) in [4.78, 5) is 14.5. The van der Waals surface area contributed by atoms with E-state index in [0.29, 0.717) is 24.4 Å². The van der Waals surface area contributed by atoms with Crippen molar-refractivity contribution >= 4 is 5.91 Å². The van der Waals surface area contributed by atoms with E-state index in [1.165, 1.54) is 44.2 Å². The number of rotatable bonds is 6. The molecular weight excluding hydrogens is 333 g/mol. The van der Waals surface area contributed by atoms with Gasteiger partial charge in [0.1, 0.15) is 11.5 Å². The summed E-state index contributed by atoms with van der Waals surface area (Å²) in [5.41, 5.74) is 1.42. The lowest BCUT2D eigenvalue weighted by Crippen LogP contribution is -2.32. The Morgan fingerprint density at radius 1 is 1.12 bits per heavy atom. The molecule has 0 saturated carbocycles. The van der Waals surface area contributed by atoms with Gasteiger partial charge in [0.15, 0.2) is 5.76 Å². The molecule has 1 amide bonds. The number of halogens is 1. The van der Waals surface area contributed by atoms with E-state index in [4.69, 9.17) is 4.52 Å². The molecule has 3 rings (SSSR count). The van der Waals surface area contributed by atoms with E-state index in [9.17, 15) is 9.18 Å². The zero-order valence-corrected chi connectivity index (χ0v) is 15.0. The Morgan fingerprint density at radius 2 is 1.81 bits per heavy atom. The van der Waals surface area contributed by atoms with Crippen molar-refractivity contribution in [1.29, 1.82) is 0 Å². The van der Waals surface area contributed by atoms with E-state index >= 15 is 0 Å². The molecular formula is C20H26FN3O2. The third-order valence-electron chi connectivity index (χ3n) is 4.76. The Morgan fingerprint density at radius 3 is 2.54 bits per heavy atom. The molecule has 26 heavy (non-hydrogen) atoms. The number of carbonyl (C=O) groups is 1. The first-order valence-electron chi connectivity index (χ1n) is 9.41. The van der Waals surface area contributed by atoms with E-state index in [-0.39, 0.29) is 11.7 Å². The van der Waals surface area contributed by atoms with E-state index in [1.54, 1.807) is 18.2 Å². The summed E-state index contributed by atoms with van der Waals surface area (Å²) in [6.45, 7) is 3.31. The molecule has 5 nitrogen and oxygen atoms in total. The molecule has 1 aliphatic rings. The van der Waals surface area contributed by atoms with Crippen molar-refractivity contribution in [3.8, 4) is 11.3 Å². The number of benzene rings is 1. The molecule has 1 saturated heterocycles. The van der Waals surface area contributed by atoms with E-state index in [2.05, 4.69) is 15.4 Å². The average molecular weight is 359 g/mol. The molecule has 1 aromatic carbocycles. The minimum Gasteiger partial charge on any atom is -0.359 e. The largest absolute Gasteiger partial charge is 0.359 e. The third kappa shape index (κ3) is 5.66. The first-order valence-corrected chi connectivity index (χ1v) is 9.41. The van der Waals surface area contributed by atoms with Crippen molar-refractivity contribution in [1.82, 2.24) is 15.4 Å². The number of carbonyl (C=O) groups excluding carboxylic acids is 1. The Hall–Kier alpha value is -2.21. The monoisotopic (exact) mass is 359 g/mol. The van der Waals surface area contributed by atoms with E-state index in [1.807, 2.05) is 0 Å². The molecule has 0 radical (unpaired) electrons. The van der Waals surface area contributed by atoms with Crippen molar-refractivity contribution in [2.24, 2.45) is 0 Å². The van der Waals surface area contributed by atoms with Gasteiger partial charge in [0.05, 0.1) is 6.54 Å². The van der Waals surface area contributed by atoms with Gasteiger partial charge in [-0.25, -0.2) is 4.39 Å². The van der Waals surface area contributed by atoms with Crippen molar-refractivity contribution in [3.05, 3.63) is 41.9 Å². The lowest BCUT2D eigenvalue weighted by molar-refractivity contribution is -0.121. The summed E-state index contributed by atoms with van der Waals surface area (Å²) < 4.78 is 18.2. The molecule has 1 aliphatic heterocycles. The predicted octanol–water partition coefficient (Wildman–Crippen LogP) is 3.75. The molecule has 2 heterocycles. The van der Waals surface area contributed by atoms with Gasteiger partial charge in [-0.2, -0.15) is 0 Å². The van der Waals surface area contributed by atoms with Gasteiger partial charge in [0.25, 0.3) is 0 Å². The van der Waals surface area contributed by atoms with Crippen LogP contribution in [0.4, 0.5) is 4.39 Å². The molecule has 2 aromatic rings. The van der Waals surface area contributed by atoms with Crippen LogP contribution in [0, 0.1) is 5.82 Å². The summed E-state index contributed by atoms with van der Waals surface area (Å²) in [6, 6.07) is 7.84. The summed E-state index contributed by atoms with van der Waals surface area (Å²) >= 11 is 0. The van der Waals surface area contributed by atoms with Crippen molar-refractivity contribution in [2.75, 3.05) is 19.6 Å². The van der Waals surface area contributed by atoms with Crippen LogP contribution in [0.3, 0.4) is 0 Å². The second-order valence-electron chi connectivity index (χ2n) is 6.82. The van der Waals surface area contributed by atoms with Crippen LogP contribution in [-0.2, 0) is 11.3 Å². The van der Waals surface area contributed by atoms with Gasteiger partial charge >= 0.3 is 0 Å². The van der Waals surface area contributed by atoms with Crippen LogP contribution >= 0.6 is 0 Å². The summed E-state index contributed by atoms with van der Waals surface area (Å²) in [5, 5.41) is 6.86. The van der Waals surface area contributed by atoms with Crippen LogP contribution in [0.15, 0.2) is 34.9 Å². The number of nitrogens with one attached hydrogen (secondary N) is 1. The predicted molar refractivity (Wildman–Crippen MR) is 97.9 cm³/mol. The molecule has 0 bridgehead atoms. The van der Waals surface area contributed by atoms with E-state index in [0.717, 1.165) is 25.2 Å². The molecule has 0 spiro atoms. The highest BCUT2D eigenvalue weighted by Gasteiger charge is 2.12. The summed E-state index contributed by atoms with van der Waals surface area (Å²) in [6.07, 6.45) is 6.89. The number of nitrogens with zero attached hydrogens (tertiary/aromatic N) is 2. The van der Waals surface area contributed by atoms with Crippen LogP contribution in [-0.4, -0.2) is 35.6 Å². The highest BCUT2D eigenvalue weighted by Crippen LogP contribution is 2.19. The fraction of sp³-hybridized carbons (Fsp3) is 0.500. The second-order valence-corrected chi connectivity index (χ2v) is 6.82. The molecule has 6 heteroatoms. The quantitative estimate of drug-likeness (QED) is 0.853. The number of likely N-dealkylation sites (tertiary alicyclic amines) is 1. The maximum Gasteiger partial charge on any atom is 0.221 e. The van der Waals surface area contributed by atoms with Gasteiger partial charge in [-0.05, 0) is 50.2 Å². The zero-order valence-electron chi connectivity index (χ0n) is 15.0. The van der Waals surface area contributed by atoms with Crippen LogP contribution in [0.5, 0.6) is 0 Å². The maximum absolute atomic E-state index is 13.0. The van der Waals surface area contributed by atoms with Crippen LogP contribution < -0.4 is 5.32 Å². The smallest absolute Gasteiger partial charge is 0.221 e. The van der Waals surface area contributed by atoms with Crippen molar-refractivity contribution in [3.63, 3.8) is 0 Å². The molecule has 0 unspecified atom stereocenters. The van der Waals surface area contributed by atoms with Crippen molar-refractivity contribution < 1.29 is 13.7 Å². The number of amides is 1. The second kappa shape index (κ2) is 9.48. The Balaban J connectivity index is 1.42. The van der Waals surface area contributed by atoms with Gasteiger partial charge in [0.2, 0.25) is 5.91 Å². The average Bonchev–Trinajstić information content (AvgIpc) is 3.08. The lowest BCUT2D eigenvalue weighted by atomic mass is 10.1. The molecule has 1 aromatic heterocycles. The van der Waals surface area contributed by atoms with Gasteiger partial charge in [-0.15, -0.1) is 0 Å². The highest BCUT2D eigenvalue weighted by molar-refractivity contribution is 5.76. The Bertz CT molecular complexity index is 691. The summed E-state index contributed by atoms with van der Waals surface area (Å²) in [5.74, 6) is 0.320. The molecule has 1 fully saturated rings. The molecule has 140 valence electrons. The third-order valence-corrected chi connectivity index (χ3v) is 4.76. The summed E-state index contributed by atoms with van der Waals surface area (Å²) in [7, 11) is 0. The number of aromatic nitrogens is 1. The molecule has 0 aliphatic carbocycles. The van der Waals surface area contributed by atoms with Crippen LogP contribution in [0.25, 0.3) is 11.3 Å². The topological polar surface area (TPSA) is 58.4 Å². The Labute approximate surface area is 153 Å². The van der Waals surface area contributed by atoms with Crippen LogP contribution in [0.2, 0.25) is 0 Å². The minimum atomic E-state index is -0.287. The SMILES string of the molecule is O=C(CCN1CCCCCCC1)NCc1cc(-c2ccc(F)cc2)no1. The normalized spacial score (nSPS) is 16.0. The first-order chi connectivity index (χ1) is 12.7. The minimum absolute atomic E-state index is 0.0202. The standard InChI is InChI=1S/C20H26FN3O2/c21-17-8-6-16(7-9-17)19-14-18(26-23-19)15-22-20(25)10-13-24-11-4-2-1-3-5-12-24/h6-9,14H,1-5,10-13,15H2,(H,22,25). The molecule has 0 atom stereocenters. The fourth-order valence-corrected chi connectivity index (χ4v) is 3.22. The van der Waals surface area contributed by atoms with Crippen LogP contribution in [0.1, 0.15) is 44.3 Å². The number of hydrogen-bond acceptors (Lipinski definition) is 4. The van der Waals surface area contributed by atoms with E-state index < -0.39 is 0 Å². The lowest BCUT2D eigenvalue weighted by Gasteiger charge is -2.24. The molecule has 1 N–H and O–H groups in total. The first kappa shape index (κ1) is 18.6. The van der Waals surface area contributed by atoms with Crippen molar-refractivity contribution in [2.45, 2.75) is 45.1 Å². The van der Waals surface area contributed by atoms with Gasteiger partial charge < -0.3 is 14.7 Å². The van der Waals surface area contributed by atoms with Gasteiger partial charge in [-0.3, -0.25) is 4.79 Å². The van der Waals surface area contributed by atoms with Gasteiger partial charge in [0, 0.05) is 24.6 Å².